The Labute approximate surface area is 162 Å². The molecule has 26 heavy (non-hydrogen) atoms. The van der Waals surface area contributed by atoms with Crippen LogP contribution in [0.25, 0.3) is 0 Å². The van der Waals surface area contributed by atoms with Crippen molar-refractivity contribution < 1.29 is 14.5 Å². The van der Waals surface area contributed by atoms with Crippen LogP contribution in [0.4, 0.5) is 0 Å². The highest BCUT2D eigenvalue weighted by atomic mass is 35.5. The molecule has 4 nitrogen and oxygen atoms in total. The molecule has 134 valence electrons. The molecule has 0 unspecified atom stereocenters. The van der Waals surface area contributed by atoms with Gasteiger partial charge in [-0.1, -0.05) is 40.5 Å². The van der Waals surface area contributed by atoms with E-state index in [0.717, 1.165) is 27.9 Å². The van der Waals surface area contributed by atoms with Crippen molar-refractivity contribution in [3.05, 3.63) is 63.1 Å². The highest BCUT2D eigenvalue weighted by Crippen LogP contribution is 2.39. The molecule has 0 aliphatic carbocycles. The molecule has 2 heterocycles. The van der Waals surface area contributed by atoms with Gasteiger partial charge in [0.15, 0.2) is 5.60 Å². The van der Waals surface area contributed by atoms with Gasteiger partial charge < -0.3 is 14.5 Å². The minimum absolute atomic E-state index is 0.547. The van der Waals surface area contributed by atoms with Gasteiger partial charge >= 0.3 is 7.12 Å². The first-order valence-corrected chi connectivity index (χ1v) is 9.16. The van der Waals surface area contributed by atoms with Gasteiger partial charge in [-0.25, -0.2) is 0 Å². The number of nitrogens with zero attached hydrogens (tertiary/aromatic N) is 1. The van der Waals surface area contributed by atoms with Crippen LogP contribution in [0, 0.1) is 0 Å². The standard InChI is InChI=1S/C19H18BCl2NO3/c1-18(2)15-6-11(4-5-16(15)20(24)25-18)17-10-19(3,26-23-17)12-7-13(21)9-14(22)8-12/h4-9,24H,10H2,1-3H3/t19-/m1/s1. The van der Waals surface area contributed by atoms with Crippen molar-refractivity contribution in [1.29, 1.82) is 0 Å². The van der Waals surface area contributed by atoms with Crippen molar-refractivity contribution in [3.8, 4) is 0 Å². The van der Waals surface area contributed by atoms with Crippen LogP contribution in [0.5, 0.6) is 0 Å². The fourth-order valence-electron chi connectivity index (χ4n) is 3.59. The molecule has 2 aromatic rings. The van der Waals surface area contributed by atoms with E-state index in [1.54, 1.807) is 6.07 Å². The average molecular weight is 390 g/mol. The molecule has 0 aromatic heterocycles. The molecule has 0 radical (unpaired) electrons. The van der Waals surface area contributed by atoms with Crippen molar-refractivity contribution >= 4 is 41.5 Å². The number of halogens is 2. The summed E-state index contributed by atoms with van der Waals surface area (Å²) in [5.41, 5.74) is 3.25. The number of oxime groups is 1. The monoisotopic (exact) mass is 389 g/mol. The van der Waals surface area contributed by atoms with E-state index in [-0.39, 0.29) is 0 Å². The maximum atomic E-state index is 10.1. The summed E-state index contributed by atoms with van der Waals surface area (Å²) in [6.07, 6.45) is 0.590. The number of hydrogen-bond donors (Lipinski definition) is 1. The summed E-state index contributed by atoms with van der Waals surface area (Å²) in [6.45, 7) is 5.85. The lowest BCUT2D eigenvalue weighted by atomic mass is 9.77. The van der Waals surface area contributed by atoms with E-state index < -0.39 is 18.3 Å². The predicted molar refractivity (Wildman–Crippen MR) is 104 cm³/mol. The largest absolute Gasteiger partial charge is 0.492 e. The maximum absolute atomic E-state index is 10.1. The molecule has 0 saturated heterocycles. The van der Waals surface area contributed by atoms with Gasteiger partial charge in [-0.2, -0.15) is 0 Å². The average Bonchev–Trinajstić information content (AvgIpc) is 3.06. The molecule has 0 saturated carbocycles. The van der Waals surface area contributed by atoms with Crippen LogP contribution in [0.1, 0.15) is 43.9 Å². The minimum atomic E-state index is -0.894. The number of hydrogen-bond acceptors (Lipinski definition) is 4. The summed E-state index contributed by atoms with van der Waals surface area (Å²) in [5, 5.41) is 15.5. The third-order valence-electron chi connectivity index (χ3n) is 5.04. The Bertz CT molecular complexity index is 911. The van der Waals surface area contributed by atoms with Crippen LogP contribution in [-0.4, -0.2) is 17.9 Å². The fourth-order valence-corrected chi connectivity index (χ4v) is 4.11. The Balaban J connectivity index is 1.65. The van der Waals surface area contributed by atoms with Crippen LogP contribution >= 0.6 is 23.2 Å². The maximum Gasteiger partial charge on any atom is 0.492 e. The van der Waals surface area contributed by atoms with Gasteiger partial charge in [0.1, 0.15) is 0 Å². The lowest BCUT2D eigenvalue weighted by Gasteiger charge is -2.22. The Morgan fingerprint density at radius 1 is 1.08 bits per heavy atom. The zero-order valence-corrected chi connectivity index (χ0v) is 16.2. The second-order valence-electron chi connectivity index (χ2n) is 7.48. The van der Waals surface area contributed by atoms with Gasteiger partial charge in [0, 0.05) is 22.0 Å². The number of fused-ring (bicyclic) bond motifs is 1. The summed E-state index contributed by atoms with van der Waals surface area (Å²) in [7, 11) is -0.894. The van der Waals surface area contributed by atoms with Crippen molar-refractivity contribution in [3.63, 3.8) is 0 Å². The molecule has 1 atom stereocenters. The Morgan fingerprint density at radius 2 is 1.77 bits per heavy atom. The van der Waals surface area contributed by atoms with Gasteiger partial charge in [-0.15, -0.1) is 0 Å². The molecule has 2 aromatic carbocycles. The second-order valence-corrected chi connectivity index (χ2v) is 8.35. The zero-order chi connectivity index (χ0) is 18.7. The summed E-state index contributed by atoms with van der Waals surface area (Å²) in [6, 6.07) is 11.2. The van der Waals surface area contributed by atoms with E-state index >= 15 is 0 Å². The fraction of sp³-hybridized carbons (Fsp3) is 0.316. The number of benzene rings is 2. The Hall–Kier alpha value is -1.53. The first-order valence-electron chi connectivity index (χ1n) is 8.40. The highest BCUT2D eigenvalue weighted by Gasteiger charge is 2.42. The normalized spacial score (nSPS) is 23.6. The summed E-state index contributed by atoms with van der Waals surface area (Å²) < 4.78 is 5.63. The van der Waals surface area contributed by atoms with Crippen LogP contribution in [0.2, 0.25) is 10.0 Å². The molecule has 1 N–H and O–H groups in total. The van der Waals surface area contributed by atoms with Crippen molar-refractivity contribution in [1.82, 2.24) is 0 Å². The first-order chi connectivity index (χ1) is 12.2. The van der Waals surface area contributed by atoms with Crippen LogP contribution in [-0.2, 0) is 20.7 Å². The Kier molecular flexibility index (Phi) is 4.12. The van der Waals surface area contributed by atoms with Gasteiger partial charge in [-0.3, -0.25) is 0 Å². The molecule has 0 amide bonds. The first kappa shape index (κ1) is 17.9. The van der Waals surface area contributed by atoms with Gasteiger partial charge in [0.05, 0.1) is 11.3 Å². The SMILES string of the molecule is CC1(C)OB(O)c2ccc(C3=NO[C@@](C)(c4cc(Cl)cc(Cl)c4)C3)cc21. The summed E-state index contributed by atoms with van der Waals surface area (Å²) >= 11 is 12.3. The quantitative estimate of drug-likeness (QED) is 0.790. The third-order valence-corrected chi connectivity index (χ3v) is 5.48. The molecular formula is C19H18BCl2NO3. The molecule has 2 aliphatic rings. The van der Waals surface area contributed by atoms with Crippen molar-refractivity contribution in [2.24, 2.45) is 5.16 Å². The van der Waals surface area contributed by atoms with Crippen molar-refractivity contribution in [2.45, 2.75) is 38.4 Å². The second kappa shape index (κ2) is 5.99. The van der Waals surface area contributed by atoms with E-state index in [9.17, 15) is 5.02 Å². The van der Waals surface area contributed by atoms with E-state index in [0.29, 0.717) is 16.5 Å². The minimum Gasteiger partial charge on any atom is -0.423 e. The van der Waals surface area contributed by atoms with Crippen LogP contribution in [0.15, 0.2) is 41.6 Å². The Morgan fingerprint density at radius 3 is 2.46 bits per heavy atom. The molecule has 4 rings (SSSR count). The number of rotatable bonds is 2. The molecule has 7 heteroatoms. The lowest BCUT2D eigenvalue weighted by Crippen LogP contribution is -2.28. The zero-order valence-electron chi connectivity index (χ0n) is 14.7. The smallest absolute Gasteiger partial charge is 0.423 e. The van der Waals surface area contributed by atoms with Crippen LogP contribution in [0.3, 0.4) is 0 Å². The van der Waals surface area contributed by atoms with E-state index in [1.165, 1.54) is 0 Å². The third kappa shape index (κ3) is 2.93. The summed E-state index contributed by atoms with van der Waals surface area (Å²) in [5.74, 6) is 0. The van der Waals surface area contributed by atoms with Gasteiger partial charge in [0.2, 0.25) is 0 Å². The van der Waals surface area contributed by atoms with E-state index in [4.69, 9.17) is 32.7 Å². The molecule has 0 spiro atoms. The lowest BCUT2D eigenvalue weighted by molar-refractivity contribution is -0.00737. The highest BCUT2D eigenvalue weighted by molar-refractivity contribution is 6.62. The van der Waals surface area contributed by atoms with Gasteiger partial charge in [-0.05, 0) is 61.6 Å². The van der Waals surface area contributed by atoms with E-state index in [2.05, 4.69) is 5.16 Å². The van der Waals surface area contributed by atoms with Crippen LogP contribution < -0.4 is 5.46 Å². The van der Waals surface area contributed by atoms with Gasteiger partial charge in [0.25, 0.3) is 0 Å². The molecule has 0 fully saturated rings. The predicted octanol–water partition coefficient (Wildman–Crippen LogP) is 3.99. The molecule has 0 bridgehead atoms. The summed E-state index contributed by atoms with van der Waals surface area (Å²) in [4.78, 5) is 5.79. The molecular weight excluding hydrogens is 372 g/mol. The molecule has 2 aliphatic heterocycles. The van der Waals surface area contributed by atoms with E-state index in [1.807, 2.05) is 51.1 Å². The topological polar surface area (TPSA) is 51.0 Å². The van der Waals surface area contributed by atoms with Crippen molar-refractivity contribution in [2.75, 3.05) is 0 Å².